The first-order valence-electron chi connectivity index (χ1n) is 12.4. The number of ketones is 1. The lowest BCUT2D eigenvalue weighted by Crippen LogP contribution is -2.52. The number of hydrogen-bond donors (Lipinski definition) is 2. The molecule has 1 aliphatic rings. The third kappa shape index (κ3) is 7.29. The zero-order valence-electron chi connectivity index (χ0n) is 21.6. The molecule has 0 bridgehead atoms. The number of nitrogens with zero attached hydrogens (tertiary/aromatic N) is 2. The van der Waals surface area contributed by atoms with Crippen molar-refractivity contribution in [1.82, 2.24) is 20.6 Å². The van der Waals surface area contributed by atoms with Crippen LogP contribution in [0.5, 0.6) is 0 Å². The van der Waals surface area contributed by atoms with Gasteiger partial charge in [-0.3, -0.25) is 14.4 Å². The van der Waals surface area contributed by atoms with Gasteiger partial charge in [0.05, 0.1) is 12.0 Å². The zero-order chi connectivity index (χ0) is 26.5. The number of aromatic nitrogens is 2. The van der Waals surface area contributed by atoms with E-state index in [4.69, 9.17) is 9.25 Å². The first-order valence-corrected chi connectivity index (χ1v) is 12.4. The molecule has 0 unspecified atom stereocenters. The van der Waals surface area contributed by atoms with Crippen molar-refractivity contribution in [3.63, 3.8) is 0 Å². The van der Waals surface area contributed by atoms with Gasteiger partial charge >= 0.3 is 5.76 Å². The molecule has 3 atom stereocenters. The maximum Gasteiger partial charge on any atom is 0.472 e. The van der Waals surface area contributed by atoms with Crippen LogP contribution in [-0.2, 0) is 4.79 Å². The summed E-state index contributed by atoms with van der Waals surface area (Å²) < 4.78 is 5.05. The molecule has 0 aliphatic heterocycles. The standard InChI is InChI=1S/C26H36N4O6/c1-16(2)15-20(21(31)24-29-30(25(34)35-24)36-26(3,4)5)28-23(33)18-13-9-10-14-19(18)27-22(32)17-11-7-6-8-12-17/h6-8,11-12,16,18-20H,9-10,13-15H2,1-5H3,(H,27,32)(H,28,33)/t18-,19+,20+/m1/s1. The smallest absolute Gasteiger partial charge is 0.385 e. The van der Waals surface area contributed by atoms with Crippen LogP contribution in [0.15, 0.2) is 39.5 Å². The van der Waals surface area contributed by atoms with Crippen molar-refractivity contribution < 1.29 is 23.6 Å². The van der Waals surface area contributed by atoms with E-state index in [-0.39, 0.29) is 23.8 Å². The molecule has 1 aliphatic carbocycles. The molecule has 1 heterocycles. The van der Waals surface area contributed by atoms with Crippen molar-refractivity contribution in [2.24, 2.45) is 11.8 Å². The van der Waals surface area contributed by atoms with Crippen molar-refractivity contribution in [2.75, 3.05) is 0 Å². The normalized spacial score (nSPS) is 18.9. The Hall–Kier alpha value is -3.43. The summed E-state index contributed by atoms with van der Waals surface area (Å²) >= 11 is 0. The van der Waals surface area contributed by atoms with Crippen molar-refractivity contribution in [2.45, 2.75) is 84.4 Å². The van der Waals surface area contributed by atoms with Crippen molar-refractivity contribution in [1.29, 1.82) is 0 Å². The first kappa shape index (κ1) is 27.2. The van der Waals surface area contributed by atoms with Crippen LogP contribution >= 0.6 is 0 Å². The van der Waals surface area contributed by atoms with E-state index in [1.54, 1.807) is 45.0 Å². The molecule has 0 spiro atoms. The predicted octanol–water partition coefficient (Wildman–Crippen LogP) is 2.77. The third-order valence-electron chi connectivity index (χ3n) is 5.89. The number of hydrogen-bond acceptors (Lipinski definition) is 7. The highest BCUT2D eigenvalue weighted by molar-refractivity contribution is 5.99. The summed E-state index contributed by atoms with van der Waals surface area (Å²) in [5.41, 5.74) is -0.203. The molecule has 1 aromatic heterocycles. The zero-order valence-corrected chi connectivity index (χ0v) is 21.6. The van der Waals surface area contributed by atoms with Gasteiger partial charge in [-0.15, -0.1) is 0 Å². The van der Waals surface area contributed by atoms with Gasteiger partial charge in [0.1, 0.15) is 5.60 Å². The summed E-state index contributed by atoms with van der Waals surface area (Å²) in [6.07, 6.45) is 3.34. The maximum atomic E-state index is 13.4. The Morgan fingerprint density at radius 2 is 1.81 bits per heavy atom. The number of benzene rings is 1. The Labute approximate surface area is 210 Å². The van der Waals surface area contributed by atoms with Gasteiger partial charge in [0, 0.05) is 11.6 Å². The van der Waals surface area contributed by atoms with Crippen LogP contribution in [0, 0.1) is 11.8 Å². The Bertz CT molecular complexity index is 1120. The number of carbonyl (C=O) groups is 3. The number of Topliss-reactive ketones (excluding diaryl/α,β-unsaturated/α-hetero) is 1. The Morgan fingerprint density at radius 3 is 2.44 bits per heavy atom. The Morgan fingerprint density at radius 1 is 1.14 bits per heavy atom. The monoisotopic (exact) mass is 500 g/mol. The van der Waals surface area contributed by atoms with Gasteiger partial charge in [-0.25, -0.2) is 4.79 Å². The first-order chi connectivity index (χ1) is 16.9. The fourth-order valence-electron chi connectivity index (χ4n) is 4.27. The van der Waals surface area contributed by atoms with Crippen LogP contribution in [0.4, 0.5) is 0 Å². The molecule has 0 saturated heterocycles. The fourth-order valence-corrected chi connectivity index (χ4v) is 4.27. The SMILES string of the molecule is CC(C)C[C@H](NC(=O)[C@@H]1CCCC[C@@H]1NC(=O)c1ccccc1)C(=O)c1nn(OC(C)(C)C)c(=O)o1. The topological polar surface area (TPSA) is 133 Å². The molecule has 1 fully saturated rings. The van der Waals surface area contributed by atoms with Gasteiger partial charge in [0.15, 0.2) is 0 Å². The number of amides is 2. The number of rotatable bonds is 9. The molecule has 1 aromatic carbocycles. The van der Waals surface area contributed by atoms with Gasteiger partial charge in [-0.2, -0.15) is 0 Å². The van der Waals surface area contributed by atoms with Gasteiger partial charge in [0.2, 0.25) is 11.7 Å². The quantitative estimate of drug-likeness (QED) is 0.506. The van der Waals surface area contributed by atoms with Crippen LogP contribution in [-0.4, -0.2) is 45.2 Å². The molecule has 0 radical (unpaired) electrons. The molecule has 2 amide bonds. The van der Waals surface area contributed by atoms with E-state index in [1.807, 2.05) is 19.9 Å². The molecular weight excluding hydrogens is 464 g/mol. The van der Waals surface area contributed by atoms with Crippen molar-refractivity contribution in [3.05, 3.63) is 52.3 Å². The van der Waals surface area contributed by atoms with E-state index in [1.165, 1.54) is 0 Å². The second-order valence-electron chi connectivity index (χ2n) is 10.6. The minimum absolute atomic E-state index is 0.0684. The molecule has 196 valence electrons. The second-order valence-corrected chi connectivity index (χ2v) is 10.6. The van der Waals surface area contributed by atoms with E-state index in [0.29, 0.717) is 29.7 Å². The maximum absolute atomic E-state index is 13.4. The van der Waals surface area contributed by atoms with Gasteiger partial charge in [0.25, 0.3) is 11.8 Å². The Balaban J connectivity index is 1.75. The summed E-state index contributed by atoms with van der Waals surface area (Å²) in [6.45, 7) is 9.04. The summed E-state index contributed by atoms with van der Waals surface area (Å²) in [5, 5.41) is 9.73. The van der Waals surface area contributed by atoms with Crippen LogP contribution < -0.4 is 21.2 Å². The molecule has 1 saturated carbocycles. The Kier molecular flexibility index (Phi) is 8.70. The number of nitrogens with one attached hydrogen (secondary N) is 2. The summed E-state index contributed by atoms with van der Waals surface area (Å²) in [6, 6.07) is 7.56. The van der Waals surface area contributed by atoms with E-state index in [9.17, 15) is 19.2 Å². The van der Waals surface area contributed by atoms with E-state index in [0.717, 1.165) is 12.8 Å². The minimum Gasteiger partial charge on any atom is -0.385 e. The van der Waals surface area contributed by atoms with Gasteiger partial charge in [-0.1, -0.05) is 50.0 Å². The molecule has 10 nitrogen and oxygen atoms in total. The molecular formula is C26H36N4O6. The number of carbonyl (C=O) groups excluding carboxylic acids is 3. The predicted molar refractivity (Wildman–Crippen MR) is 132 cm³/mol. The van der Waals surface area contributed by atoms with Crippen LogP contribution in [0.2, 0.25) is 0 Å². The van der Waals surface area contributed by atoms with Gasteiger partial charge in [-0.05, 0) is 62.9 Å². The highest BCUT2D eigenvalue weighted by Crippen LogP contribution is 2.26. The van der Waals surface area contributed by atoms with Crippen LogP contribution in [0.3, 0.4) is 0 Å². The molecule has 2 N–H and O–H groups in total. The average Bonchev–Trinajstić information content (AvgIpc) is 3.17. The van der Waals surface area contributed by atoms with Gasteiger partial charge < -0.3 is 19.9 Å². The third-order valence-corrected chi connectivity index (χ3v) is 5.89. The average molecular weight is 501 g/mol. The lowest BCUT2D eigenvalue weighted by atomic mass is 9.83. The summed E-state index contributed by atoms with van der Waals surface area (Å²) in [5.74, 6) is -2.92. The van der Waals surface area contributed by atoms with E-state index < -0.39 is 35.0 Å². The minimum atomic E-state index is -0.939. The van der Waals surface area contributed by atoms with Crippen LogP contribution in [0.25, 0.3) is 0 Å². The fraction of sp³-hybridized carbons (Fsp3) is 0.577. The molecule has 3 rings (SSSR count). The highest BCUT2D eigenvalue weighted by Gasteiger charge is 2.36. The second kappa shape index (κ2) is 11.5. The molecule has 36 heavy (non-hydrogen) atoms. The largest absolute Gasteiger partial charge is 0.472 e. The highest BCUT2D eigenvalue weighted by atomic mass is 16.7. The van der Waals surface area contributed by atoms with Crippen molar-refractivity contribution in [3.8, 4) is 0 Å². The molecule has 2 aromatic rings. The van der Waals surface area contributed by atoms with Crippen LogP contribution in [0.1, 0.15) is 87.8 Å². The summed E-state index contributed by atoms with van der Waals surface area (Å²) in [7, 11) is 0. The van der Waals surface area contributed by atoms with Crippen molar-refractivity contribution >= 4 is 17.6 Å². The van der Waals surface area contributed by atoms with E-state index in [2.05, 4.69) is 15.7 Å². The lowest BCUT2D eigenvalue weighted by molar-refractivity contribution is -0.127. The lowest BCUT2D eigenvalue weighted by Gasteiger charge is -2.32. The van der Waals surface area contributed by atoms with E-state index >= 15 is 0 Å². The molecule has 10 heteroatoms. The summed E-state index contributed by atoms with van der Waals surface area (Å²) in [4.78, 5) is 57.5.